The van der Waals surface area contributed by atoms with Gasteiger partial charge in [-0.1, -0.05) is 0 Å². The van der Waals surface area contributed by atoms with Crippen molar-refractivity contribution in [2.24, 2.45) is 0 Å². The number of likely N-dealkylation sites (N-methyl/N-ethyl adjacent to an activating group) is 1. The van der Waals surface area contributed by atoms with Crippen LogP contribution < -0.4 is 4.90 Å². The minimum Gasteiger partial charge on any atom is -0.366 e. The molecule has 26 heavy (non-hydrogen) atoms. The molecule has 3 rings (SSSR count). The van der Waals surface area contributed by atoms with Gasteiger partial charge in [0.1, 0.15) is 0 Å². The number of rotatable bonds is 3. The Labute approximate surface area is 157 Å². The van der Waals surface area contributed by atoms with Crippen LogP contribution in [0, 0.1) is 20.2 Å². The number of aromatic nitrogens is 2. The van der Waals surface area contributed by atoms with Gasteiger partial charge in [0, 0.05) is 38.3 Å². The van der Waals surface area contributed by atoms with Crippen LogP contribution in [0.3, 0.4) is 0 Å². The maximum absolute atomic E-state index is 10.5. The summed E-state index contributed by atoms with van der Waals surface area (Å²) < 4.78 is 0.734. The normalized spacial score (nSPS) is 14.3. The highest BCUT2D eigenvalue weighted by Gasteiger charge is 2.16. The minimum atomic E-state index is -0.535. The summed E-state index contributed by atoms with van der Waals surface area (Å²) in [5.41, 5.74) is 0.957. The van der Waals surface area contributed by atoms with Gasteiger partial charge in [-0.05, 0) is 54.9 Å². The third kappa shape index (κ3) is 5.70. The monoisotopic (exact) mass is 424 g/mol. The topological polar surface area (TPSA) is 119 Å². The molecule has 0 radical (unpaired) electrons. The lowest BCUT2D eigenvalue weighted by atomic mass is 10.3. The van der Waals surface area contributed by atoms with E-state index in [1.807, 2.05) is 0 Å². The number of piperazine rings is 1. The molecule has 0 aliphatic carbocycles. The lowest BCUT2D eigenvalue weighted by Gasteiger charge is -2.33. The predicted octanol–water partition coefficient (Wildman–Crippen LogP) is 2.49. The van der Waals surface area contributed by atoms with Crippen LogP contribution in [-0.2, 0) is 0 Å². The van der Waals surface area contributed by atoms with Crippen molar-refractivity contribution in [2.75, 3.05) is 38.1 Å². The summed E-state index contributed by atoms with van der Waals surface area (Å²) in [6.07, 6.45) is 2.96. The van der Waals surface area contributed by atoms with E-state index < -0.39 is 9.85 Å². The fourth-order valence-electron chi connectivity index (χ4n) is 2.21. The first-order chi connectivity index (χ1) is 12.4. The van der Waals surface area contributed by atoms with Crippen LogP contribution in [0.1, 0.15) is 0 Å². The van der Waals surface area contributed by atoms with Crippen LogP contribution in [0.15, 0.2) is 41.1 Å². The maximum Gasteiger partial charge on any atom is 0.363 e. The SMILES string of the molecule is CN1CCN(c2ccc([N+](=O)[O-])nc2)CC1.O=[N+]([O-])c1ccc(Br)cn1. The van der Waals surface area contributed by atoms with E-state index in [0.717, 1.165) is 36.3 Å². The first-order valence-corrected chi connectivity index (χ1v) is 8.46. The van der Waals surface area contributed by atoms with Crippen molar-refractivity contribution in [1.29, 1.82) is 0 Å². The summed E-state index contributed by atoms with van der Waals surface area (Å²) in [5, 5.41) is 20.5. The summed E-state index contributed by atoms with van der Waals surface area (Å²) in [6, 6.07) is 6.12. The molecule has 11 heteroatoms. The average molecular weight is 425 g/mol. The van der Waals surface area contributed by atoms with Crippen molar-refractivity contribution in [2.45, 2.75) is 0 Å². The minimum absolute atomic E-state index is 0.0992. The Morgan fingerprint density at radius 3 is 1.88 bits per heavy atom. The second-order valence-electron chi connectivity index (χ2n) is 5.51. The molecule has 0 aromatic carbocycles. The highest BCUT2D eigenvalue weighted by molar-refractivity contribution is 9.10. The van der Waals surface area contributed by atoms with Gasteiger partial charge in [0.15, 0.2) is 12.4 Å². The molecule has 1 aliphatic rings. The van der Waals surface area contributed by atoms with Gasteiger partial charge in [0.05, 0.1) is 10.2 Å². The van der Waals surface area contributed by atoms with Crippen LogP contribution in [-0.4, -0.2) is 57.9 Å². The Balaban J connectivity index is 0.000000209. The van der Waals surface area contributed by atoms with Gasteiger partial charge in [-0.15, -0.1) is 0 Å². The third-order valence-corrected chi connectivity index (χ3v) is 4.16. The highest BCUT2D eigenvalue weighted by Crippen LogP contribution is 2.17. The van der Waals surface area contributed by atoms with Gasteiger partial charge < -0.3 is 30.0 Å². The van der Waals surface area contributed by atoms with E-state index in [-0.39, 0.29) is 11.6 Å². The quantitative estimate of drug-likeness (QED) is 0.544. The lowest BCUT2D eigenvalue weighted by molar-refractivity contribution is -0.389. The molecule has 1 aliphatic heterocycles. The summed E-state index contributed by atoms with van der Waals surface area (Å²) in [4.78, 5) is 31.3. The molecule has 0 spiro atoms. The molecule has 0 unspecified atom stereocenters. The van der Waals surface area contributed by atoms with Crippen molar-refractivity contribution in [3.05, 3.63) is 61.4 Å². The lowest BCUT2D eigenvalue weighted by Crippen LogP contribution is -2.44. The van der Waals surface area contributed by atoms with Gasteiger partial charge in [-0.3, -0.25) is 0 Å². The fourth-order valence-corrected chi connectivity index (χ4v) is 2.45. The van der Waals surface area contributed by atoms with Gasteiger partial charge in [-0.25, -0.2) is 0 Å². The molecule has 0 saturated carbocycles. The molecule has 0 atom stereocenters. The van der Waals surface area contributed by atoms with Crippen LogP contribution in [0.4, 0.5) is 17.3 Å². The second-order valence-corrected chi connectivity index (χ2v) is 6.43. The number of nitrogens with zero attached hydrogens (tertiary/aromatic N) is 6. The van der Waals surface area contributed by atoms with E-state index in [4.69, 9.17) is 0 Å². The second kappa shape index (κ2) is 9.15. The van der Waals surface area contributed by atoms with Crippen molar-refractivity contribution in [3.63, 3.8) is 0 Å². The molecule has 1 fully saturated rings. The molecule has 0 amide bonds. The fraction of sp³-hybridized carbons (Fsp3) is 0.333. The van der Waals surface area contributed by atoms with Crippen LogP contribution >= 0.6 is 15.9 Å². The van der Waals surface area contributed by atoms with E-state index in [1.165, 1.54) is 18.3 Å². The van der Waals surface area contributed by atoms with Gasteiger partial charge in [-0.2, -0.15) is 0 Å². The molecule has 2 aromatic rings. The number of pyridine rings is 2. The highest BCUT2D eigenvalue weighted by atomic mass is 79.9. The van der Waals surface area contributed by atoms with E-state index in [9.17, 15) is 20.2 Å². The van der Waals surface area contributed by atoms with E-state index in [1.54, 1.807) is 18.3 Å². The molecular formula is C15H17BrN6O4. The van der Waals surface area contributed by atoms with Gasteiger partial charge in [0.2, 0.25) is 0 Å². The van der Waals surface area contributed by atoms with Crippen molar-refractivity contribution >= 4 is 33.3 Å². The molecular weight excluding hydrogens is 408 g/mol. The van der Waals surface area contributed by atoms with Crippen molar-refractivity contribution in [3.8, 4) is 0 Å². The molecule has 138 valence electrons. The molecule has 1 saturated heterocycles. The standard InChI is InChI=1S/C10H14N4O2.C5H3BrN2O2/c1-12-4-6-13(7-5-12)9-2-3-10(11-8-9)14(15)16;6-4-1-2-5(7-3-4)8(9)10/h2-3,8H,4-7H2,1H3;1-3H. The smallest absolute Gasteiger partial charge is 0.363 e. The first-order valence-electron chi connectivity index (χ1n) is 7.66. The van der Waals surface area contributed by atoms with Gasteiger partial charge >= 0.3 is 11.6 Å². The Morgan fingerprint density at radius 2 is 1.46 bits per heavy atom. The molecule has 10 nitrogen and oxygen atoms in total. The number of hydrogen-bond donors (Lipinski definition) is 0. The molecule has 0 bridgehead atoms. The Hall–Kier alpha value is -2.66. The largest absolute Gasteiger partial charge is 0.366 e. The van der Waals surface area contributed by atoms with E-state index in [0.29, 0.717) is 0 Å². The average Bonchev–Trinajstić information content (AvgIpc) is 2.63. The molecule has 3 heterocycles. The van der Waals surface area contributed by atoms with E-state index in [2.05, 4.69) is 42.7 Å². The van der Waals surface area contributed by atoms with Crippen molar-refractivity contribution in [1.82, 2.24) is 14.9 Å². The van der Waals surface area contributed by atoms with Gasteiger partial charge in [0.25, 0.3) is 0 Å². The number of halogens is 1. The Bertz CT molecular complexity index is 748. The van der Waals surface area contributed by atoms with Crippen LogP contribution in [0.5, 0.6) is 0 Å². The molecule has 2 aromatic heterocycles. The summed E-state index contributed by atoms with van der Waals surface area (Å²) in [7, 11) is 2.09. The Morgan fingerprint density at radius 1 is 0.923 bits per heavy atom. The molecule has 0 N–H and O–H groups in total. The Kier molecular flexibility index (Phi) is 6.92. The first kappa shape index (κ1) is 19.7. The summed E-state index contributed by atoms with van der Waals surface area (Å²) >= 11 is 3.11. The predicted molar refractivity (Wildman–Crippen MR) is 99.2 cm³/mol. The zero-order valence-corrected chi connectivity index (χ0v) is 15.6. The third-order valence-electron chi connectivity index (χ3n) is 3.69. The zero-order chi connectivity index (χ0) is 19.1. The zero-order valence-electron chi connectivity index (χ0n) is 14.0. The van der Waals surface area contributed by atoms with Crippen LogP contribution in [0.2, 0.25) is 0 Å². The van der Waals surface area contributed by atoms with E-state index >= 15 is 0 Å². The maximum atomic E-state index is 10.5. The van der Waals surface area contributed by atoms with Crippen molar-refractivity contribution < 1.29 is 9.85 Å². The number of hydrogen-bond acceptors (Lipinski definition) is 8. The summed E-state index contributed by atoms with van der Waals surface area (Å²) in [5.74, 6) is -0.235. The van der Waals surface area contributed by atoms with Crippen LogP contribution in [0.25, 0.3) is 0 Å². The number of anilines is 1. The number of nitro groups is 2. The summed E-state index contributed by atoms with van der Waals surface area (Å²) in [6.45, 7) is 3.90.